The van der Waals surface area contributed by atoms with Gasteiger partial charge < -0.3 is 14.7 Å². The van der Waals surface area contributed by atoms with Gasteiger partial charge in [-0.3, -0.25) is 9.46 Å². The lowest BCUT2D eigenvalue weighted by Crippen LogP contribution is -2.31. The number of rotatable bonds is 5. The smallest absolute Gasteiger partial charge is 0.308 e. The van der Waals surface area contributed by atoms with E-state index in [1.807, 2.05) is 0 Å². The third-order valence-corrected chi connectivity index (χ3v) is 3.26. The zero-order chi connectivity index (χ0) is 10.6. The second kappa shape index (κ2) is 4.89. The number of nitrogens with zero attached hydrogens (tertiary/aromatic N) is 2. The molecule has 0 atom stereocenters. The van der Waals surface area contributed by atoms with Crippen LogP contribution in [0.3, 0.4) is 0 Å². The van der Waals surface area contributed by atoms with Crippen molar-refractivity contribution in [3.63, 3.8) is 0 Å². The van der Waals surface area contributed by atoms with E-state index in [4.69, 9.17) is 9.79 Å². The Bertz CT molecular complexity index is 236. The molecule has 0 aromatic heterocycles. The molecule has 1 aliphatic heterocycles. The highest BCUT2D eigenvalue weighted by Crippen LogP contribution is 2.37. The summed E-state index contributed by atoms with van der Waals surface area (Å²) in [5, 5.41) is 0. The number of hydrogen-bond donors (Lipinski definition) is 2. The summed E-state index contributed by atoms with van der Waals surface area (Å²) < 4.78 is 11.3. The van der Waals surface area contributed by atoms with Crippen molar-refractivity contribution >= 4 is 14.2 Å². The van der Waals surface area contributed by atoms with E-state index in [-0.39, 0.29) is 13.0 Å². The molecule has 7 heteroatoms. The van der Waals surface area contributed by atoms with Gasteiger partial charge in [-0.2, -0.15) is 0 Å². The summed E-state index contributed by atoms with van der Waals surface area (Å²) >= 11 is 0. The van der Waals surface area contributed by atoms with Crippen molar-refractivity contribution in [2.45, 2.75) is 12.8 Å². The summed E-state index contributed by atoms with van der Waals surface area (Å²) in [7, 11) is -4.39. The van der Waals surface area contributed by atoms with E-state index in [9.17, 15) is 9.36 Å². The SMILES string of the molecule is O=CN(CCN1CCCC1)P(=O)(O)O. The molecule has 14 heavy (non-hydrogen) atoms. The topological polar surface area (TPSA) is 81.1 Å². The van der Waals surface area contributed by atoms with E-state index in [0.29, 0.717) is 11.2 Å². The molecule has 0 saturated carbocycles. The molecule has 1 amide bonds. The zero-order valence-electron chi connectivity index (χ0n) is 7.87. The fourth-order valence-electron chi connectivity index (χ4n) is 1.49. The fourth-order valence-corrected chi connectivity index (χ4v) is 1.97. The van der Waals surface area contributed by atoms with Gasteiger partial charge in [0.2, 0.25) is 6.41 Å². The van der Waals surface area contributed by atoms with Crippen LogP contribution in [0.5, 0.6) is 0 Å². The summed E-state index contributed by atoms with van der Waals surface area (Å²) in [6, 6.07) is 0. The van der Waals surface area contributed by atoms with Crippen LogP contribution in [-0.2, 0) is 9.36 Å². The van der Waals surface area contributed by atoms with E-state index in [1.54, 1.807) is 0 Å². The molecule has 0 aliphatic carbocycles. The van der Waals surface area contributed by atoms with Crippen molar-refractivity contribution in [2.24, 2.45) is 0 Å². The van der Waals surface area contributed by atoms with Gasteiger partial charge in [0.05, 0.1) is 0 Å². The molecule has 0 radical (unpaired) electrons. The quantitative estimate of drug-likeness (QED) is 0.490. The molecule has 1 rings (SSSR count). The highest BCUT2D eigenvalue weighted by molar-refractivity contribution is 7.49. The second-order valence-electron chi connectivity index (χ2n) is 3.33. The monoisotopic (exact) mass is 222 g/mol. The first-order valence-corrected chi connectivity index (χ1v) is 6.11. The van der Waals surface area contributed by atoms with Crippen molar-refractivity contribution in [3.8, 4) is 0 Å². The maximum atomic E-state index is 10.7. The van der Waals surface area contributed by atoms with Gasteiger partial charge in [-0.1, -0.05) is 0 Å². The van der Waals surface area contributed by atoms with Crippen molar-refractivity contribution in [1.82, 2.24) is 9.57 Å². The average Bonchev–Trinajstić information content (AvgIpc) is 2.55. The minimum atomic E-state index is -4.39. The van der Waals surface area contributed by atoms with E-state index >= 15 is 0 Å². The number of hydrogen-bond acceptors (Lipinski definition) is 3. The van der Waals surface area contributed by atoms with Crippen LogP contribution in [-0.4, -0.2) is 51.9 Å². The van der Waals surface area contributed by atoms with Crippen LogP contribution < -0.4 is 0 Å². The largest absolute Gasteiger partial charge is 0.432 e. The van der Waals surface area contributed by atoms with Crippen LogP contribution in [0.25, 0.3) is 0 Å². The minimum Gasteiger partial charge on any atom is -0.308 e. The summed E-state index contributed by atoms with van der Waals surface area (Å²) in [6.07, 6.45) is 2.45. The second-order valence-corrected chi connectivity index (χ2v) is 4.87. The molecule has 0 spiro atoms. The predicted octanol–water partition coefficient (Wildman–Crippen LogP) is -0.367. The van der Waals surface area contributed by atoms with Gasteiger partial charge in [0.1, 0.15) is 0 Å². The Labute approximate surface area is 82.7 Å². The Kier molecular flexibility index (Phi) is 4.07. The Balaban J connectivity index is 2.34. The van der Waals surface area contributed by atoms with Gasteiger partial charge in [0.15, 0.2) is 0 Å². The number of likely N-dealkylation sites (tertiary alicyclic amines) is 1. The van der Waals surface area contributed by atoms with Gasteiger partial charge in [-0.15, -0.1) is 0 Å². The summed E-state index contributed by atoms with van der Waals surface area (Å²) in [5.41, 5.74) is 0. The standard InChI is InChI=1S/C7H15N2O4P/c10-7-9(14(11,12)13)6-5-8-3-1-2-4-8/h7H,1-6H2,(H2,11,12,13). The van der Waals surface area contributed by atoms with E-state index in [0.717, 1.165) is 25.9 Å². The predicted molar refractivity (Wildman–Crippen MR) is 50.5 cm³/mol. The van der Waals surface area contributed by atoms with Gasteiger partial charge in [0.25, 0.3) is 0 Å². The number of carbonyl (C=O) groups excluding carboxylic acids is 1. The maximum Gasteiger partial charge on any atom is 0.432 e. The van der Waals surface area contributed by atoms with E-state index in [1.165, 1.54) is 0 Å². The molecule has 0 aromatic rings. The molecule has 1 aliphatic rings. The average molecular weight is 222 g/mol. The zero-order valence-corrected chi connectivity index (χ0v) is 8.77. The van der Waals surface area contributed by atoms with Crippen molar-refractivity contribution < 1.29 is 19.1 Å². The molecule has 2 N–H and O–H groups in total. The van der Waals surface area contributed by atoms with E-state index in [2.05, 4.69) is 4.90 Å². The van der Waals surface area contributed by atoms with Gasteiger partial charge in [-0.25, -0.2) is 4.57 Å². The normalized spacial score (nSPS) is 18.4. The van der Waals surface area contributed by atoms with Crippen LogP contribution in [0.4, 0.5) is 0 Å². The van der Waals surface area contributed by atoms with Crippen LogP contribution >= 0.6 is 7.75 Å². The van der Waals surface area contributed by atoms with Crippen LogP contribution in [0, 0.1) is 0 Å². The Morgan fingerprint density at radius 3 is 2.36 bits per heavy atom. The molecule has 6 nitrogen and oxygen atoms in total. The van der Waals surface area contributed by atoms with Crippen LogP contribution in [0.1, 0.15) is 12.8 Å². The van der Waals surface area contributed by atoms with Gasteiger partial charge >= 0.3 is 7.75 Å². The van der Waals surface area contributed by atoms with Crippen molar-refractivity contribution in [3.05, 3.63) is 0 Å². The van der Waals surface area contributed by atoms with Crippen LogP contribution in [0.2, 0.25) is 0 Å². The Morgan fingerprint density at radius 2 is 1.93 bits per heavy atom. The molecule has 0 bridgehead atoms. The van der Waals surface area contributed by atoms with Gasteiger partial charge in [0, 0.05) is 13.1 Å². The molecule has 0 aromatic carbocycles. The van der Waals surface area contributed by atoms with Crippen LogP contribution in [0.15, 0.2) is 0 Å². The van der Waals surface area contributed by atoms with E-state index < -0.39 is 7.75 Å². The Morgan fingerprint density at radius 1 is 1.36 bits per heavy atom. The molecular weight excluding hydrogens is 207 g/mol. The molecule has 0 unspecified atom stereocenters. The molecule has 1 fully saturated rings. The van der Waals surface area contributed by atoms with Crippen molar-refractivity contribution in [1.29, 1.82) is 0 Å². The molecule has 82 valence electrons. The highest BCUT2D eigenvalue weighted by atomic mass is 31.2. The molecule has 1 saturated heterocycles. The fraction of sp³-hybridized carbons (Fsp3) is 0.857. The third kappa shape index (κ3) is 3.38. The maximum absolute atomic E-state index is 10.7. The first-order valence-electron chi connectivity index (χ1n) is 4.54. The van der Waals surface area contributed by atoms with Gasteiger partial charge in [-0.05, 0) is 25.9 Å². The number of carbonyl (C=O) groups is 1. The lowest BCUT2D eigenvalue weighted by Gasteiger charge is -2.21. The molecule has 1 heterocycles. The lowest BCUT2D eigenvalue weighted by molar-refractivity contribution is -0.115. The van der Waals surface area contributed by atoms with Crippen molar-refractivity contribution in [2.75, 3.05) is 26.2 Å². The Hall–Kier alpha value is -0.420. The first-order chi connectivity index (χ1) is 6.54. The summed E-state index contributed by atoms with van der Waals surface area (Å²) in [6.45, 7) is 2.53. The minimum absolute atomic E-state index is 0.0910. The molecular formula is C7H15N2O4P. The lowest BCUT2D eigenvalue weighted by atomic mass is 10.4. The summed E-state index contributed by atoms with van der Waals surface area (Å²) in [4.78, 5) is 29.9. The first kappa shape index (κ1) is 11.7. The number of amides is 1. The summed E-state index contributed by atoms with van der Waals surface area (Å²) in [5.74, 6) is 0. The third-order valence-electron chi connectivity index (χ3n) is 2.30. The highest BCUT2D eigenvalue weighted by Gasteiger charge is 2.24.